The minimum absolute atomic E-state index is 0.0184. The lowest BCUT2D eigenvalue weighted by Gasteiger charge is -2.36. The third kappa shape index (κ3) is 4.59. The number of thiazole rings is 1. The van der Waals surface area contributed by atoms with Crippen LogP contribution in [0.4, 0.5) is 0 Å². The lowest BCUT2D eigenvalue weighted by Crippen LogP contribution is -2.37. The summed E-state index contributed by atoms with van der Waals surface area (Å²) < 4.78 is 1.76. The van der Waals surface area contributed by atoms with Gasteiger partial charge in [0.2, 0.25) is 5.91 Å². The number of hydrogen-bond acceptors (Lipinski definition) is 6. The van der Waals surface area contributed by atoms with Gasteiger partial charge in [-0.25, -0.2) is 9.67 Å². The summed E-state index contributed by atoms with van der Waals surface area (Å²) in [5, 5.41) is 17.6. The molecule has 2 aromatic heterocycles. The van der Waals surface area contributed by atoms with Crippen LogP contribution in [-0.4, -0.2) is 37.6 Å². The molecule has 1 saturated carbocycles. The van der Waals surface area contributed by atoms with E-state index in [2.05, 4.69) is 25.8 Å². The van der Waals surface area contributed by atoms with E-state index >= 15 is 0 Å². The highest BCUT2D eigenvalue weighted by Gasteiger charge is 2.35. The van der Waals surface area contributed by atoms with Crippen LogP contribution in [0.2, 0.25) is 0 Å². The molecule has 1 N–H and O–H groups in total. The second-order valence-electron chi connectivity index (χ2n) is 6.73. The molecule has 3 rings (SSSR count). The minimum Gasteiger partial charge on any atom is -0.356 e. The van der Waals surface area contributed by atoms with Crippen LogP contribution in [0.1, 0.15) is 49.2 Å². The number of tetrazole rings is 1. The lowest BCUT2D eigenvalue weighted by atomic mass is 9.71. The van der Waals surface area contributed by atoms with Crippen molar-refractivity contribution in [2.75, 3.05) is 6.54 Å². The van der Waals surface area contributed by atoms with Crippen molar-refractivity contribution in [1.29, 1.82) is 0 Å². The Hall–Kier alpha value is -1.83. The fraction of sp³-hybridized carbons (Fsp3) is 0.688. The van der Waals surface area contributed by atoms with Crippen LogP contribution in [0.3, 0.4) is 0 Å². The van der Waals surface area contributed by atoms with Crippen LogP contribution >= 0.6 is 11.3 Å². The summed E-state index contributed by atoms with van der Waals surface area (Å²) in [6.45, 7) is 3.36. The topological polar surface area (TPSA) is 85.6 Å². The zero-order valence-electron chi connectivity index (χ0n) is 14.1. The molecular weight excluding hydrogens is 324 g/mol. The number of carbonyl (C=O) groups excluding carboxylic acids is 1. The molecule has 24 heavy (non-hydrogen) atoms. The summed E-state index contributed by atoms with van der Waals surface area (Å²) in [4.78, 5) is 16.9. The van der Waals surface area contributed by atoms with Gasteiger partial charge in [0.25, 0.3) is 0 Å². The maximum Gasteiger partial charge on any atom is 0.220 e. The molecule has 130 valence electrons. The normalized spacial score (nSPS) is 16.9. The molecule has 0 radical (unpaired) electrons. The Bertz CT molecular complexity index is 647. The standard InChI is InChI=1S/C16H24N6OS/c1-13-10-24-15(19-13)5-8-17-14(23)9-16(6-3-2-4-7-16)11-22-12-18-20-21-22/h10,12H,2-9,11H2,1H3,(H,17,23). The Labute approximate surface area is 145 Å². The summed E-state index contributed by atoms with van der Waals surface area (Å²) >= 11 is 1.65. The second-order valence-corrected chi connectivity index (χ2v) is 7.67. The Kier molecular flexibility index (Phi) is 5.55. The van der Waals surface area contributed by atoms with Crippen molar-refractivity contribution in [3.8, 4) is 0 Å². The van der Waals surface area contributed by atoms with E-state index in [1.165, 1.54) is 19.3 Å². The SMILES string of the molecule is Cc1csc(CCNC(=O)CC2(Cn3cnnn3)CCCCC2)n1. The molecule has 1 amide bonds. The fourth-order valence-corrected chi connectivity index (χ4v) is 4.29. The van der Waals surface area contributed by atoms with E-state index in [4.69, 9.17) is 0 Å². The molecule has 1 aliphatic carbocycles. The van der Waals surface area contributed by atoms with Gasteiger partial charge in [-0.3, -0.25) is 4.79 Å². The summed E-state index contributed by atoms with van der Waals surface area (Å²) in [5.74, 6) is 0.123. The van der Waals surface area contributed by atoms with E-state index in [1.807, 2.05) is 12.3 Å². The molecule has 0 aromatic carbocycles. The van der Waals surface area contributed by atoms with Crippen molar-refractivity contribution in [1.82, 2.24) is 30.5 Å². The number of nitrogens with one attached hydrogen (secondary N) is 1. The molecule has 1 fully saturated rings. The molecule has 0 atom stereocenters. The summed E-state index contributed by atoms with van der Waals surface area (Å²) in [6.07, 6.45) is 8.70. The van der Waals surface area contributed by atoms with Gasteiger partial charge in [0.05, 0.1) is 11.6 Å². The van der Waals surface area contributed by atoms with Crippen LogP contribution in [0.15, 0.2) is 11.7 Å². The van der Waals surface area contributed by atoms with Gasteiger partial charge < -0.3 is 5.32 Å². The molecule has 0 aliphatic heterocycles. The van der Waals surface area contributed by atoms with Crippen molar-refractivity contribution in [2.24, 2.45) is 5.41 Å². The number of hydrogen-bond donors (Lipinski definition) is 1. The zero-order chi connectivity index (χ0) is 16.8. The van der Waals surface area contributed by atoms with Crippen molar-refractivity contribution in [2.45, 2.75) is 58.4 Å². The third-order valence-corrected chi connectivity index (χ3v) is 5.69. The number of aromatic nitrogens is 5. The van der Waals surface area contributed by atoms with E-state index < -0.39 is 0 Å². The van der Waals surface area contributed by atoms with Crippen LogP contribution in [0.25, 0.3) is 0 Å². The fourth-order valence-electron chi connectivity index (χ4n) is 3.52. The van der Waals surface area contributed by atoms with Gasteiger partial charge in [-0.1, -0.05) is 19.3 Å². The van der Waals surface area contributed by atoms with Gasteiger partial charge in [0.15, 0.2) is 0 Å². The molecule has 0 bridgehead atoms. The van der Waals surface area contributed by atoms with E-state index in [1.54, 1.807) is 22.3 Å². The number of nitrogens with zero attached hydrogens (tertiary/aromatic N) is 5. The molecule has 2 aromatic rings. The smallest absolute Gasteiger partial charge is 0.220 e. The van der Waals surface area contributed by atoms with Gasteiger partial charge >= 0.3 is 0 Å². The monoisotopic (exact) mass is 348 g/mol. The van der Waals surface area contributed by atoms with Crippen molar-refractivity contribution >= 4 is 17.2 Å². The van der Waals surface area contributed by atoms with Gasteiger partial charge in [-0.15, -0.1) is 16.4 Å². The molecule has 1 aliphatic rings. The Morgan fingerprint density at radius 3 is 2.88 bits per heavy atom. The molecule has 0 unspecified atom stereocenters. The first-order chi connectivity index (χ1) is 11.7. The van der Waals surface area contributed by atoms with Gasteiger partial charge in [-0.05, 0) is 35.6 Å². The largest absolute Gasteiger partial charge is 0.356 e. The quantitative estimate of drug-likeness (QED) is 0.828. The van der Waals surface area contributed by atoms with Gasteiger partial charge in [0.1, 0.15) is 6.33 Å². The summed E-state index contributed by atoms with van der Waals surface area (Å²) in [7, 11) is 0. The van der Waals surface area contributed by atoms with Crippen LogP contribution in [0.5, 0.6) is 0 Å². The van der Waals surface area contributed by atoms with Crippen molar-refractivity contribution < 1.29 is 4.79 Å². The second kappa shape index (κ2) is 7.83. The van der Waals surface area contributed by atoms with E-state index in [9.17, 15) is 4.79 Å². The van der Waals surface area contributed by atoms with Gasteiger partial charge in [-0.2, -0.15) is 0 Å². The first kappa shape index (κ1) is 17.0. The van der Waals surface area contributed by atoms with Crippen LogP contribution < -0.4 is 5.32 Å². The molecule has 8 heteroatoms. The first-order valence-corrected chi connectivity index (χ1v) is 9.42. The first-order valence-electron chi connectivity index (χ1n) is 8.54. The highest BCUT2D eigenvalue weighted by molar-refractivity contribution is 7.09. The minimum atomic E-state index is -0.0184. The lowest BCUT2D eigenvalue weighted by molar-refractivity contribution is -0.124. The van der Waals surface area contributed by atoms with Gasteiger partial charge in [0, 0.05) is 30.5 Å². The molecular formula is C16H24N6OS. The number of amides is 1. The Morgan fingerprint density at radius 1 is 1.38 bits per heavy atom. The number of rotatable bonds is 7. The van der Waals surface area contributed by atoms with Crippen LogP contribution in [-0.2, 0) is 17.8 Å². The Balaban J connectivity index is 1.52. The van der Waals surface area contributed by atoms with E-state index in [-0.39, 0.29) is 11.3 Å². The maximum atomic E-state index is 12.5. The van der Waals surface area contributed by atoms with Crippen LogP contribution in [0, 0.1) is 12.3 Å². The van der Waals surface area contributed by atoms with Crippen molar-refractivity contribution in [3.05, 3.63) is 22.4 Å². The highest BCUT2D eigenvalue weighted by atomic mass is 32.1. The average molecular weight is 348 g/mol. The maximum absolute atomic E-state index is 12.5. The predicted octanol–water partition coefficient (Wildman–Crippen LogP) is 2.14. The molecule has 7 nitrogen and oxygen atoms in total. The Morgan fingerprint density at radius 2 is 2.21 bits per heavy atom. The summed E-state index contributed by atoms with van der Waals surface area (Å²) in [5.41, 5.74) is 1.03. The molecule has 2 heterocycles. The highest BCUT2D eigenvalue weighted by Crippen LogP contribution is 2.40. The zero-order valence-corrected chi connectivity index (χ0v) is 14.9. The average Bonchev–Trinajstić information content (AvgIpc) is 3.20. The third-order valence-electron chi connectivity index (χ3n) is 4.67. The van der Waals surface area contributed by atoms with E-state index in [0.29, 0.717) is 13.0 Å². The van der Waals surface area contributed by atoms with E-state index in [0.717, 1.165) is 36.5 Å². The molecule has 0 spiro atoms. The summed E-state index contributed by atoms with van der Waals surface area (Å²) in [6, 6.07) is 0. The number of carbonyl (C=O) groups is 1. The van der Waals surface area contributed by atoms with Crippen molar-refractivity contribution in [3.63, 3.8) is 0 Å². The number of aryl methyl sites for hydroxylation is 1. The molecule has 0 saturated heterocycles. The predicted molar refractivity (Wildman–Crippen MR) is 91.5 cm³/mol.